The van der Waals surface area contributed by atoms with Gasteiger partial charge in [0.25, 0.3) is 0 Å². The smallest absolute Gasteiger partial charge is 0.166 e. The van der Waals surface area contributed by atoms with Crippen LogP contribution >= 0.6 is 11.6 Å². The predicted octanol–water partition coefficient (Wildman–Crippen LogP) is 3.60. The summed E-state index contributed by atoms with van der Waals surface area (Å²) in [7, 11) is 0. The molecule has 6 heteroatoms. The molecule has 1 fully saturated rings. The average Bonchev–Trinajstić information content (AvgIpc) is 2.66. The van der Waals surface area contributed by atoms with E-state index < -0.39 is 0 Å². The van der Waals surface area contributed by atoms with Gasteiger partial charge in [0.2, 0.25) is 0 Å². The number of halogens is 1. The molecule has 1 N–H and O–H groups in total. The maximum atomic E-state index is 10.2. The van der Waals surface area contributed by atoms with Gasteiger partial charge in [0.05, 0.1) is 12.8 Å². The molecule has 0 saturated carbocycles. The van der Waals surface area contributed by atoms with Gasteiger partial charge >= 0.3 is 0 Å². The van der Waals surface area contributed by atoms with E-state index in [9.17, 15) is 5.11 Å². The largest absolute Gasteiger partial charge is 0.504 e. The second-order valence-corrected chi connectivity index (χ2v) is 6.60. The highest BCUT2D eigenvalue weighted by atomic mass is 35.5. The topological polar surface area (TPSA) is 48.3 Å². The summed E-state index contributed by atoms with van der Waals surface area (Å²) in [6, 6.07) is 13.4. The summed E-state index contributed by atoms with van der Waals surface area (Å²) >= 11 is 6.25. The number of aromatic hydroxyl groups is 1. The summed E-state index contributed by atoms with van der Waals surface area (Å²) in [5.41, 5.74) is 1.82. The van der Waals surface area contributed by atoms with Gasteiger partial charge in [-0.2, -0.15) is 5.10 Å². The molecule has 0 atom stereocenters. The Bertz CT molecular complexity index is 758. The molecule has 0 radical (unpaired) electrons. The maximum Gasteiger partial charge on any atom is 0.166 e. The standard InChI is InChI=1S/C20H24ClN3O2/c1-2-26-19-9-5-7-16(20(19)25)14-22-24-12-10-23(11-13-24)15-17-6-3-4-8-18(17)21/h3-9,14,25H,2,10-13,15H2,1H3/b22-14+. The molecular weight excluding hydrogens is 350 g/mol. The Morgan fingerprint density at radius 2 is 1.88 bits per heavy atom. The van der Waals surface area contributed by atoms with E-state index in [4.69, 9.17) is 16.3 Å². The van der Waals surface area contributed by atoms with Crippen molar-refractivity contribution in [2.45, 2.75) is 13.5 Å². The van der Waals surface area contributed by atoms with Crippen LogP contribution in [0.15, 0.2) is 47.6 Å². The number of phenolic OH excluding ortho intramolecular Hbond substituents is 1. The number of hydrazone groups is 1. The van der Waals surface area contributed by atoms with Crippen LogP contribution in [0.4, 0.5) is 0 Å². The molecule has 138 valence electrons. The van der Waals surface area contributed by atoms with Crippen molar-refractivity contribution in [2.24, 2.45) is 5.10 Å². The van der Waals surface area contributed by atoms with Gasteiger partial charge in [-0.15, -0.1) is 0 Å². The molecule has 0 aromatic heterocycles. The van der Waals surface area contributed by atoms with Crippen LogP contribution in [-0.2, 0) is 6.54 Å². The van der Waals surface area contributed by atoms with Crippen molar-refractivity contribution < 1.29 is 9.84 Å². The minimum absolute atomic E-state index is 0.135. The zero-order valence-electron chi connectivity index (χ0n) is 14.9. The Morgan fingerprint density at radius 3 is 2.62 bits per heavy atom. The summed E-state index contributed by atoms with van der Waals surface area (Å²) in [4.78, 5) is 2.38. The Kier molecular flexibility index (Phi) is 6.36. The fourth-order valence-corrected chi connectivity index (χ4v) is 3.13. The molecule has 2 aromatic carbocycles. The van der Waals surface area contributed by atoms with E-state index in [-0.39, 0.29) is 5.75 Å². The summed E-state index contributed by atoms with van der Waals surface area (Å²) in [6.45, 7) is 6.79. The van der Waals surface area contributed by atoms with Gasteiger partial charge in [-0.05, 0) is 30.7 Å². The lowest BCUT2D eigenvalue weighted by Gasteiger charge is -2.33. The minimum atomic E-state index is 0.135. The summed E-state index contributed by atoms with van der Waals surface area (Å²) in [5.74, 6) is 0.622. The Hall–Kier alpha value is -2.24. The van der Waals surface area contributed by atoms with Crippen molar-refractivity contribution in [3.8, 4) is 11.5 Å². The van der Waals surface area contributed by atoms with Gasteiger partial charge in [-0.3, -0.25) is 9.91 Å². The molecule has 1 saturated heterocycles. The Morgan fingerprint density at radius 1 is 1.12 bits per heavy atom. The van der Waals surface area contributed by atoms with E-state index in [0.717, 1.165) is 43.3 Å². The predicted molar refractivity (Wildman–Crippen MR) is 105 cm³/mol. The monoisotopic (exact) mass is 373 g/mol. The van der Waals surface area contributed by atoms with E-state index >= 15 is 0 Å². The molecule has 5 nitrogen and oxygen atoms in total. The quantitative estimate of drug-likeness (QED) is 0.786. The molecule has 0 bridgehead atoms. The first-order valence-corrected chi connectivity index (χ1v) is 9.24. The van der Waals surface area contributed by atoms with Gasteiger partial charge < -0.3 is 9.84 Å². The molecule has 1 heterocycles. The first-order valence-electron chi connectivity index (χ1n) is 8.87. The van der Waals surface area contributed by atoms with Crippen LogP contribution in [0.3, 0.4) is 0 Å². The molecule has 2 aromatic rings. The summed E-state index contributed by atoms with van der Waals surface area (Å²) < 4.78 is 5.41. The number of rotatable bonds is 6. The van der Waals surface area contributed by atoms with Crippen LogP contribution in [-0.4, -0.2) is 54.0 Å². The summed E-state index contributed by atoms with van der Waals surface area (Å²) in [5, 5.41) is 17.6. The second-order valence-electron chi connectivity index (χ2n) is 6.19. The fraction of sp³-hybridized carbons (Fsp3) is 0.350. The average molecular weight is 374 g/mol. The lowest BCUT2D eigenvalue weighted by molar-refractivity contribution is 0.131. The SMILES string of the molecule is CCOc1cccc(/C=N/N2CCN(Cc3ccccc3Cl)CC2)c1O. The van der Waals surface area contributed by atoms with Crippen LogP contribution < -0.4 is 4.74 Å². The van der Waals surface area contributed by atoms with E-state index in [0.29, 0.717) is 17.9 Å². The number of para-hydroxylation sites is 1. The third-order valence-electron chi connectivity index (χ3n) is 4.39. The lowest BCUT2D eigenvalue weighted by Crippen LogP contribution is -2.43. The molecule has 1 aliphatic heterocycles. The molecule has 26 heavy (non-hydrogen) atoms. The van der Waals surface area contributed by atoms with Gasteiger partial charge in [0.1, 0.15) is 0 Å². The fourth-order valence-electron chi connectivity index (χ4n) is 2.94. The van der Waals surface area contributed by atoms with Crippen molar-refractivity contribution in [2.75, 3.05) is 32.8 Å². The first-order chi connectivity index (χ1) is 12.7. The van der Waals surface area contributed by atoms with Crippen molar-refractivity contribution in [1.82, 2.24) is 9.91 Å². The van der Waals surface area contributed by atoms with Crippen LogP contribution in [0, 0.1) is 0 Å². The van der Waals surface area contributed by atoms with Crippen LogP contribution in [0.2, 0.25) is 5.02 Å². The Labute approximate surface area is 159 Å². The third kappa shape index (κ3) is 4.68. The maximum absolute atomic E-state index is 10.2. The molecule has 1 aliphatic rings. The third-order valence-corrected chi connectivity index (χ3v) is 4.76. The van der Waals surface area contributed by atoms with Crippen molar-refractivity contribution >= 4 is 17.8 Å². The summed E-state index contributed by atoms with van der Waals surface area (Å²) in [6.07, 6.45) is 1.70. The highest BCUT2D eigenvalue weighted by Gasteiger charge is 2.16. The van der Waals surface area contributed by atoms with Gasteiger partial charge in [0, 0.05) is 43.3 Å². The van der Waals surface area contributed by atoms with Crippen LogP contribution in [0.1, 0.15) is 18.1 Å². The number of benzene rings is 2. The second kappa shape index (κ2) is 8.92. The molecule has 0 unspecified atom stereocenters. The number of hydrogen-bond acceptors (Lipinski definition) is 5. The van der Waals surface area contributed by atoms with E-state index in [1.165, 1.54) is 0 Å². The highest BCUT2D eigenvalue weighted by molar-refractivity contribution is 6.31. The van der Waals surface area contributed by atoms with Crippen molar-refractivity contribution in [3.63, 3.8) is 0 Å². The highest BCUT2D eigenvalue weighted by Crippen LogP contribution is 2.28. The zero-order chi connectivity index (χ0) is 18.4. The molecular formula is C20H24ClN3O2. The van der Waals surface area contributed by atoms with Crippen LogP contribution in [0.5, 0.6) is 11.5 Å². The van der Waals surface area contributed by atoms with E-state index in [1.807, 2.05) is 42.3 Å². The van der Waals surface area contributed by atoms with Crippen molar-refractivity contribution in [3.05, 3.63) is 58.6 Å². The van der Waals surface area contributed by atoms with Gasteiger partial charge in [-0.25, -0.2) is 0 Å². The first kappa shape index (κ1) is 18.5. The molecule has 0 spiro atoms. The Balaban J connectivity index is 1.55. The number of nitrogens with zero attached hydrogens (tertiary/aromatic N) is 3. The number of ether oxygens (including phenoxy) is 1. The zero-order valence-corrected chi connectivity index (χ0v) is 15.7. The minimum Gasteiger partial charge on any atom is -0.504 e. The normalized spacial score (nSPS) is 15.5. The molecule has 0 amide bonds. The van der Waals surface area contributed by atoms with Gasteiger partial charge in [0.15, 0.2) is 11.5 Å². The molecule has 3 rings (SSSR count). The number of hydrogen-bond donors (Lipinski definition) is 1. The number of phenols is 1. The number of piperazine rings is 1. The van der Waals surface area contributed by atoms with Crippen molar-refractivity contribution in [1.29, 1.82) is 0 Å². The van der Waals surface area contributed by atoms with E-state index in [1.54, 1.807) is 12.3 Å². The van der Waals surface area contributed by atoms with Crippen LogP contribution in [0.25, 0.3) is 0 Å². The van der Waals surface area contributed by atoms with Gasteiger partial charge in [-0.1, -0.05) is 35.9 Å². The molecule has 0 aliphatic carbocycles. The van der Waals surface area contributed by atoms with E-state index in [2.05, 4.69) is 16.1 Å². The lowest BCUT2D eigenvalue weighted by atomic mass is 10.2.